The first kappa shape index (κ1) is 29.4. The molecule has 3 aromatic rings. The average molecular weight is 612 g/mol. The number of carbonyl (C=O) groups is 1. The van der Waals surface area contributed by atoms with Crippen LogP contribution in [0.2, 0.25) is 5.02 Å². The number of nitrogens with two attached hydrogens (primary N) is 1. The molecule has 0 radical (unpaired) electrons. The molecule has 0 saturated carbocycles. The maximum absolute atomic E-state index is 14.7. The summed E-state index contributed by atoms with van der Waals surface area (Å²) in [6, 6.07) is 4.39. The molecule has 2 aromatic carbocycles. The van der Waals surface area contributed by atoms with E-state index in [2.05, 4.69) is 11.6 Å². The highest BCUT2D eigenvalue weighted by atomic mass is 35.5. The van der Waals surface area contributed by atoms with Gasteiger partial charge in [0, 0.05) is 54.3 Å². The number of hydrogen-bond donors (Lipinski definition) is 1. The third kappa shape index (κ3) is 5.68. The summed E-state index contributed by atoms with van der Waals surface area (Å²) in [6.45, 7) is 5.06. The number of ether oxygens (including phenoxy) is 1. The van der Waals surface area contributed by atoms with Crippen molar-refractivity contribution in [1.82, 2.24) is 14.5 Å². The van der Waals surface area contributed by atoms with Crippen LogP contribution in [0.15, 0.2) is 46.6 Å². The molecule has 0 spiro atoms. The Kier molecular flexibility index (Phi) is 8.33. The molecule has 2 N–H and O–H groups in total. The first-order valence-electron chi connectivity index (χ1n) is 12.8. The normalized spacial score (nSPS) is 17.6. The molecule has 0 aliphatic carbocycles. The van der Waals surface area contributed by atoms with Crippen LogP contribution in [-0.2, 0) is 22.3 Å². The Morgan fingerprint density at radius 1 is 1.24 bits per heavy atom. The summed E-state index contributed by atoms with van der Waals surface area (Å²) in [5, 5.41) is -0.190. The molecule has 3 heterocycles. The SMILES string of the molecule is C=CC(=O)N1CCN(c2nc(=O)n3c4c(c(-c5ccc(F)c(Cl)c5)c(C(F)(F)F)cc24)SCC(OCCN)C3)CC1. The molecule has 1 amide bonds. The number of aromatic nitrogens is 2. The number of carbonyl (C=O) groups excluding carboxylic acids is 1. The largest absolute Gasteiger partial charge is 0.417 e. The third-order valence-corrected chi connectivity index (χ3v) is 8.56. The second-order valence-electron chi connectivity index (χ2n) is 9.59. The van der Waals surface area contributed by atoms with Crippen LogP contribution in [-0.4, -0.2) is 71.5 Å². The number of nitrogens with zero attached hydrogens (tertiary/aromatic N) is 4. The summed E-state index contributed by atoms with van der Waals surface area (Å²) in [4.78, 5) is 33.3. The molecule has 8 nitrogen and oxygen atoms in total. The van der Waals surface area contributed by atoms with E-state index in [1.165, 1.54) is 16.7 Å². The zero-order chi connectivity index (χ0) is 29.5. The predicted molar refractivity (Wildman–Crippen MR) is 150 cm³/mol. The van der Waals surface area contributed by atoms with E-state index < -0.39 is 29.4 Å². The molecular formula is C27H26ClF4N5O3S. The number of thioether (sulfide) groups is 1. The monoisotopic (exact) mass is 611 g/mol. The maximum atomic E-state index is 14.7. The van der Waals surface area contributed by atoms with E-state index in [0.717, 1.165) is 30.0 Å². The maximum Gasteiger partial charge on any atom is 0.417 e. The van der Waals surface area contributed by atoms with E-state index in [0.29, 0.717) is 0 Å². The minimum absolute atomic E-state index is 0.0548. The average Bonchev–Trinajstić information content (AvgIpc) is 3.15. The van der Waals surface area contributed by atoms with Gasteiger partial charge in [-0.15, -0.1) is 11.8 Å². The van der Waals surface area contributed by atoms with Crippen molar-refractivity contribution >= 4 is 46.0 Å². The molecule has 5 rings (SSSR count). The Bertz CT molecular complexity index is 1570. The highest BCUT2D eigenvalue weighted by Crippen LogP contribution is 2.48. The van der Waals surface area contributed by atoms with Crippen LogP contribution in [0.25, 0.3) is 22.0 Å². The Morgan fingerprint density at radius 2 is 1.98 bits per heavy atom. The summed E-state index contributed by atoms with van der Waals surface area (Å²) >= 11 is 7.12. The molecule has 1 fully saturated rings. The molecule has 2 aliphatic heterocycles. The van der Waals surface area contributed by atoms with Gasteiger partial charge in [-0.1, -0.05) is 24.2 Å². The van der Waals surface area contributed by atoms with Crippen molar-refractivity contribution < 1.29 is 27.1 Å². The van der Waals surface area contributed by atoms with Crippen LogP contribution >= 0.6 is 23.4 Å². The van der Waals surface area contributed by atoms with Crippen LogP contribution in [0.1, 0.15) is 5.56 Å². The minimum Gasteiger partial charge on any atom is -0.374 e. The van der Waals surface area contributed by atoms with Crippen molar-refractivity contribution in [2.24, 2.45) is 5.73 Å². The van der Waals surface area contributed by atoms with E-state index in [1.807, 2.05) is 0 Å². The van der Waals surface area contributed by atoms with Crippen LogP contribution < -0.4 is 16.3 Å². The van der Waals surface area contributed by atoms with E-state index in [-0.39, 0.29) is 95.3 Å². The highest BCUT2D eigenvalue weighted by Gasteiger charge is 2.39. The lowest BCUT2D eigenvalue weighted by atomic mass is 9.96. The highest BCUT2D eigenvalue weighted by molar-refractivity contribution is 7.99. The van der Waals surface area contributed by atoms with Gasteiger partial charge >= 0.3 is 11.9 Å². The predicted octanol–water partition coefficient (Wildman–Crippen LogP) is 4.16. The molecule has 0 bridgehead atoms. The molecule has 1 unspecified atom stereocenters. The zero-order valence-corrected chi connectivity index (χ0v) is 23.3. The van der Waals surface area contributed by atoms with Crippen molar-refractivity contribution in [2.75, 3.05) is 50.0 Å². The van der Waals surface area contributed by atoms with Crippen molar-refractivity contribution in [3.63, 3.8) is 0 Å². The zero-order valence-electron chi connectivity index (χ0n) is 21.7. The first-order chi connectivity index (χ1) is 19.5. The van der Waals surface area contributed by atoms with Crippen molar-refractivity contribution in [1.29, 1.82) is 0 Å². The van der Waals surface area contributed by atoms with Gasteiger partial charge in [0.25, 0.3) is 0 Å². The Labute approximate surface area is 241 Å². The third-order valence-electron chi connectivity index (χ3n) is 7.05. The van der Waals surface area contributed by atoms with Gasteiger partial charge < -0.3 is 20.3 Å². The van der Waals surface area contributed by atoms with Crippen molar-refractivity contribution in [2.45, 2.75) is 23.7 Å². The Balaban J connectivity index is 1.77. The van der Waals surface area contributed by atoms with Gasteiger partial charge in [-0.05, 0) is 29.8 Å². The summed E-state index contributed by atoms with van der Waals surface area (Å²) < 4.78 is 65.4. The molecule has 1 atom stereocenters. The van der Waals surface area contributed by atoms with E-state index >= 15 is 0 Å². The standard InChI is InChI=1S/C27H26ClF4N5O3S/c1-2-21(38)35-6-8-36(9-7-35)25-17-12-18(27(30,31)32)22(15-3-4-20(29)19(28)11-15)24-23(17)37(26(39)34-25)13-16(14-41-24)40-10-5-33/h2-4,11-12,16H,1,5-10,13-14,33H2. The second kappa shape index (κ2) is 11.6. The summed E-state index contributed by atoms with van der Waals surface area (Å²) in [5.74, 6) is -0.690. The van der Waals surface area contributed by atoms with E-state index in [4.69, 9.17) is 22.1 Å². The van der Waals surface area contributed by atoms with Gasteiger partial charge in [-0.25, -0.2) is 9.18 Å². The second-order valence-corrected chi connectivity index (χ2v) is 11.0. The molecule has 41 heavy (non-hydrogen) atoms. The number of rotatable bonds is 6. The quantitative estimate of drug-likeness (QED) is 0.331. The first-order valence-corrected chi connectivity index (χ1v) is 14.1. The number of amides is 1. The van der Waals surface area contributed by atoms with Gasteiger partial charge in [0.2, 0.25) is 5.91 Å². The number of benzene rings is 2. The number of alkyl halides is 3. The van der Waals surface area contributed by atoms with E-state index in [9.17, 15) is 27.2 Å². The topological polar surface area (TPSA) is 93.7 Å². The number of piperazine rings is 1. The molecule has 1 aromatic heterocycles. The van der Waals surface area contributed by atoms with Crippen molar-refractivity contribution in [3.05, 3.63) is 63.8 Å². The molecule has 218 valence electrons. The van der Waals surface area contributed by atoms with Crippen LogP contribution in [0.5, 0.6) is 0 Å². The molecule has 1 saturated heterocycles. The van der Waals surface area contributed by atoms with Crippen LogP contribution in [0, 0.1) is 5.82 Å². The molecular weight excluding hydrogens is 586 g/mol. The minimum atomic E-state index is -4.81. The Morgan fingerprint density at radius 3 is 2.61 bits per heavy atom. The smallest absolute Gasteiger partial charge is 0.374 e. The summed E-state index contributed by atoms with van der Waals surface area (Å²) in [6.07, 6.45) is -4.14. The van der Waals surface area contributed by atoms with Gasteiger partial charge in [0.1, 0.15) is 11.6 Å². The lowest BCUT2D eigenvalue weighted by Crippen LogP contribution is -2.49. The van der Waals surface area contributed by atoms with Gasteiger partial charge in [-0.3, -0.25) is 9.36 Å². The van der Waals surface area contributed by atoms with Gasteiger partial charge in [-0.2, -0.15) is 18.2 Å². The van der Waals surface area contributed by atoms with Crippen LogP contribution in [0.4, 0.5) is 23.4 Å². The fraction of sp³-hybridized carbons (Fsp3) is 0.370. The van der Waals surface area contributed by atoms with E-state index in [1.54, 1.807) is 9.80 Å². The van der Waals surface area contributed by atoms with Crippen LogP contribution in [0.3, 0.4) is 0 Å². The number of anilines is 1. The van der Waals surface area contributed by atoms with Gasteiger partial charge in [0.15, 0.2) is 0 Å². The lowest BCUT2D eigenvalue weighted by molar-refractivity contribution is -0.137. The molecule has 14 heteroatoms. The van der Waals surface area contributed by atoms with Gasteiger partial charge in [0.05, 0.1) is 35.4 Å². The summed E-state index contributed by atoms with van der Waals surface area (Å²) in [5.41, 5.74) is 4.11. The number of hydrogen-bond acceptors (Lipinski definition) is 7. The fourth-order valence-electron chi connectivity index (χ4n) is 5.14. The number of halogens is 5. The Hall–Kier alpha value is -3.13. The van der Waals surface area contributed by atoms with Crippen molar-refractivity contribution in [3.8, 4) is 11.1 Å². The fourth-order valence-corrected chi connectivity index (χ4v) is 6.61. The summed E-state index contributed by atoms with van der Waals surface area (Å²) in [7, 11) is 0. The lowest BCUT2D eigenvalue weighted by Gasteiger charge is -2.35. The molecule has 2 aliphatic rings.